The van der Waals surface area contributed by atoms with Crippen molar-refractivity contribution in [1.29, 1.82) is 0 Å². The minimum atomic E-state index is 0.581. The predicted octanol–water partition coefficient (Wildman–Crippen LogP) is 2.34. The number of likely N-dealkylation sites (N-methyl/N-ethyl adjacent to an activating group) is 1. The summed E-state index contributed by atoms with van der Waals surface area (Å²) < 4.78 is 0. The highest BCUT2D eigenvalue weighted by molar-refractivity contribution is 5.56. The van der Waals surface area contributed by atoms with E-state index in [1.165, 1.54) is 0 Å². The second-order valence-corrected chi connectivity index (χ2v) is 6.37. The van der Waals surface area contributed by atoms with Crippen LogP contribution in [-0.4, -0.2) is 48.6 Å². The molecule has 0 aromatic carbocycles. The highest BCUT2D eigenvalue weighted by Gasteiger charge is 2.16. The van der Waals surface area contributed by atoms with Crippen LogP contribution < -0.4 is 10.6 Å². The molecule has 0 radical (unpaired) electrons. The van der Waals surface area contributed by atoms with Crippen LogP contribution in [0.2, 0.25) is 0 Å². The molecule has 1 rings (SSSR count). The van der Waals surface area contributed by atoms with Crippen LogP contribution in [0.4, 0.5) is 11.6 Å². The van der Waals surface area contributed by atoms with E-state index < -0.39 is 0 Å². The number of nitrogen functional groups attached to an aromatic ring is 1. The van der Waals surface area contributed by atoms with Gasteiger partial charge in [-0.3, -0.25) is 0 Å². The topological polar surface area (TPSA) is 58.3 Å². The summed E-state index contributed by atoms with van der Waals surface area (Å²) in [5.74, 6) is 3.05. The van der Waals surface area contributed by atoms with Crippen LogP contribution >= 0.6 is 0 Å². The Morgan fingerprint density at radius 1 is 1.14 bits per heavy atom. The Labute approximate surface area is 129 Å². The van der Waals surface area contributed by atoms with Gasteiger partial charge in [-0.05, 0) is 33.4 Å². The molecule has 120 valence electrons. The third kappa shape index (κ3) is 5.50. The Balaban J connectivity index is 3.08. The van der Waals surface area contributed by atoms with Gasteiger partial charge in [0.25, 0.3) is 0 Å². The summed E-state index contributed by atoms with van der Waals surface area (Å²) in [6.45, 7) is 11.6. The normalized spacial score (nSPS) is 11.4. The Hall–Kier alpha value is -1.36. The van der Waals surface area contributed by atoms with Crippen LogP contribution in [0.15, 0.2) is 0 Å². The maximum absolute atomic E-state index is 6.09. The third-order valence-corrected chi connectivity index (χ3v) is 3.38. The van der Waals surface area contributed by atoms with Crippen molar-refractivity contribution in [2.45, 2.75) is 40.5 Å². The fourth-order valence-corrected chi connectivity index (χ4v) is 2.26. The monoisotopic (exact) mass is 293 g/mol. The molecule has 0 spiro atoms. The summed E-state index contributed by atoms with van der Waals surface area (Å²) >= 11 is 0. The Morgan fingerprint density at radius 3 is 2.33 bits per heavy atom. The lowest BCUT2D eigenvalue weighted by molar-refractivity contribution is 0.408. The average molecular weight is 293 g/mol. The molecule has 1 aromatic heterocycles. The molecule has 5 heteroatoms. The molecule has 0 bridgehead atoms. The molecule has 5 nitrogen and oxygen atoms in total. The fraction of sp³-hybridized carbons (Fsp3) is 0.750. The molecule has 1 aromatic rings. The first-order chi connectivity index (χ1) is 9.85. The Kier molecular flexibility index (Phi) is 6.89. The summed E-state index contributed by atoms with van der Waals surface area (Å²) in [6.07, 6.45) is 1.91. The van der Waals surface area contributed by atoms with E-state index in [2.05, 4.69) is 49.7 Å². The van der Waals surface area contributed by atoms with E-state index in [0.29, 0.717) is 11.7 Å². The van der Waals surface area contributed by atoms with Crippen LogP contribution in [0.25, 0.3) is 0 Å². The maximum Gasteiger partial charge on any atom is 0.137 e. The molecule has 0 aliphatic heterocycles. The van der Waals surface area contributed by atoms with Crippen LogP contribution in [0.3, 0.4) is 0 Å². The largest absolute Gasteiger partial charge is 0.383 e. The summed E-state index contributed by atoms with van der Waals surface area (Å²) in [7, 11) is 4.19. The highest BCUT2D eigenvalue weighted by atomic mass is 15.2. The maximum atomic E-state index is 6.09. The number of aromatic nitrogens is 2. The van der Waals surface area contributed by atoms with Crippen molar-refractivity contribution in [3.63, 3.8) is 0 Å². The zero-order chi connectivity index (χ0) is 16.0. The number of rotatable bonds is 8. The molecule has 2 N–H and O–H groups in total. The van der Waals surface area contributed by atoms with Gasteiger partial charge < -0.3 is 15.5 Å². The first-order valence-electron chi connectivity index (χ1n) is 7.87. The predicted molar refractivity (Wildman–Crippen MR) is 90.8 cm³/mol. The standard InChI is InChI=1S/C16H31N5/c1-7-8-14-18-15(17)13(4)16(19-14)21(11-12(2)3)10-9-20(5)6/h12H,7-11H2,1-6H3,(H2,17,18,19). The second-order valence-electron chi connectivity index (χ2n) is 6.37. The molecular weight excluding hydrogens is 262 g/mol. The van der Waals surface area contributed by atoms with E-state index >= 15 is 0 Å². The van der Waals surface area contributed by atoms with E-state index in [0.717, 1.165) is 49.7 Å². The molecule has 0 aliphatic carbocycles. The molecule has 0 amide bonds. The molecule has 0 aliphatic rings. The van der Waals surface area contributed by atoms with Gasteiger partial charge in [0.05, 0.1) is 0 Å². The van der Waals surface area contributed by atoms with E-state index in [-0.39, 0.29) is 0 Å². The number of hydrogen-bond acceptors (Lipinski definition) is 5. The number of aryl methyl sites for hydroxylation is 1. The molecular formula is C16H31N5. The number of hydrogen-bond donors (Lipinski definition) is 1. The summed E-state index contributed by atoms with van der Waals surface area (Å²) in [6, 6.07) is 0. The van der Waals surface area contributed by atoms with E-state index in [1.54, 1.807) is 0 Å². The van der Waals surface area contributed by atoms with Gasteiger partial charge in [-0.25, -0.2) is 9.97 Å². The van der Waals surface area contributed by atoms with E-state index in [9.17, 15) is 0 Å². The van der Waals surface area contributed by atoms with Crippen molar-refractivity contribution in [2.75, 3.05) is 44.4 Å². The van der Waals surface area contributed by atoms with Crippen LogP contribution in [0.1, 0.15) is 38.6 Å². The smallest absolute Gasteiger partial charge is 0.137 e. The number of anilines is 2. The second kappa shape index (κ2) is 8.17. The van der Waals surface area contributed by atoms with Crippen molar-refractivity contribution in [3.05, 3.63) is 11.4 Å². The van der Waals surface area contributed by atoms with Gasteiger partial charge in [0.1, 0.15) is 17.5 Å². The van der Waals surface area contributed by atoms with Gasteiger partial charge in [0, 0.05) is 31.6 Å². The molecule has 0 saturated heterocycles. The Bertz CT molecular complexity index is 443. The van der Waals surface area contributed by atoms with Crippen LogP contribution in [0, 0.1) is 12.8 Å². The van der Waals surface area contributed by atoms with Gasteiger partial charge in [-0.15, -0.1) is 0 Å². The van der Waals surface area contributed by atoms with Gasteiger partial charge in [-0.1, -0.05) is 20.8 Å². The third-order valence-electron chi connectivity index (χ3n) is 3.38. The zero-order valence-corrected chi connectivity index (χ0v) is 14.5. The lowest BCUT2D eigenvalue weighted by Crippen LogP contribution is -2.35. The van der Waals surface area contributed by atoms with Crippen molar-refractivity contribution >= 4 is 11.6 Å². The fourth-order valence-electron chi connectivity index (χ4n) is 2.26. The Morgan fingerprint density at radius 2 is 1.81 bits per heavy atom. The summed E-state index contributed by atoms with van der Waals surface area (Å²) in [5.41, 5.74) is 7.08. The van der Waals surface area contributed by atoms with Gasteiger partial charge in [0.2, 0.25) is 0 Å². The van der Waals surface area contributed by atoms with Crippen LogP contribution in [0.5, 0.6) is 0 Å². The van der Waals surface area contributed by atoms with Crippen molar-refractivity contribution in [3.8, 4) is 0 Å². The first kappa shape index (κ1) is 17.7. The molecule has 1 heterocycles. The molecule has 0 atom stereocenters. The minimum Gasteiger partial charge on any atom is -0.383 e. The van der Waals surface area contributed by atoms with Crippen LogP contribution in [-0.2, 0) is 6.42 Å². The number of nitrogens with two attached hydrogens (primary N) is 1. The van der Waals surface area contributed by atoms with Crippen molar-refractivity contribution < 1.29 is 0 Å². The highest BCUT2D eigenvalue weighted by Crippen LogP contribution is 2.23. The number of nitrogens with zero attached hydrogens (tertiary/aromatic N) is 4. The lowest BCUT2D eigenvalue weighted by atomic mass is 10.2. The van der Waals surface area contributed by atoms with Crippen molar-refractivity contribution in [1.82, 2.24) is 14.9 Å². The summed E-state index contributed by atoms with van der Waals surface area (Å²) in [4.78, 5) is 13.7. The quantitative estimate of drug-likeness (QED) is 0.797. The summed E-state index contributed by atoms with van der Waals surface area (Å²) in [5, 5.41) is 0. The van der Waals surface area contributed by atoms with E-state index in [4.69, 9.17) is 10.7 Å². The SMILES string of the molecule is CCCc1nc(N)c(C)c(N(CCN(C)C)CC(C)C)n1. The minimum absolute atomic E-state index is 0.581. The van der Waals surface area contributed by atoms with Gasteiger partial charge in [0.15, 0.2) is 0 Å². The van der Waals surface area contributed by atoms with Crippen molar-refractivity contribution in [2.24, 2.45) is 5.92 Å². The van der Waals surface area contributed by atoms with Gasteiger partial charge >= 0.3 is 0 Å². The van der Waals surface area contributed by atoms with E-state index in [1.807, 2.05) is 6.92 Å². The first-order valence-corrected chi connectivity index (χ1v) is 7.87. The molecule has 0 unspecified atom stereocenters. The average Bonchev–Trinajstić information content (AvgIpc) is 2.38. The zero-order valence-electron chi connectivity index (χ0n) is 14.5. The molecule has 21 heavy (non-hydrogen) atoms. The molecule has 0 saturated carbocycles. The molecule has 0 fully saturated rings. The lowest BCUT2D eigenvalue weighted by Gasteiger charge is -2.29. The van der Waals surface area contributed by atoms with Gasteiger partial charge in [-0.2, -0.15) is 0 Å².